The van der Waals surface area contributed by atoms with Crippen LogP contribution < -0.4 is 11.1 Å². The summed E-state index contributed by atoms with van der Waals surface area (Å²) in [5, 5.41) is 3.29. The van der Waals surface area contributed by atoms with Gasteiger partial charge in [-0.2, -0.15) is 0 Å². The summed E-state index contributed by atoms with van der Waals surface area (Å²) in [4.78, 5) is 29.7. The number of hydrogen-bond donors (Lipinski definition) is 1. The van der Waals surface area contributed by atoms with E-state index in [1.165, 1.54) is 15.9 Å². The van der Waals surface area contributed by atoms with Crippen molar-refractivity contribution in [3.63, 3.8) is 0 Å². The van der Waals surface area contributed by atoms with E-state index in [0.717, 1.165) is 10.6 Å². The van der Waals surface area contributed by atoms with Crippen LogP contribution in [0.1, 0.15) is 23.5 Å². The zero-order chi connectivity index (χ0) is 15.9. The predicted molar refractivity (Wildman–Crippen MR) is 85.4 cm³/mol. The molecule has 1 amide bonds. The van der Waals surface area contributed by atoms with Crippen LogP contribution in [0.15, 0.2) is 33.5 Å². The second kappa shape index (κ2) is 5.42. The monoisotopic (exact) mass is 317 g/mol. The van der Waals surface area contributed by atoms with E-state index in [4.69, 9.17) is 4.42 Å². The Morgan fingerprint density at radius 2 is 2.09 bits per heavy atom. The van der Waals surface area contributed by atoms with Gasteiger partial charge in [-0.3, -0.25) is 9.36 Å². The SMILES string of the molecule is Cc1nc(NC(=O)C(C)n2c(=O)oc3ccccc32)sc1C. The molecule has 22 heavy (non-hydrogen) atoms. The van der Waals surface area contributed by atoms with Crippen LogP contribution in [0.3, 0.4) is 0 Å². The maximum absolute atomic E-state index is 12.4. The Balaban J connectivity index is 1.92. The minimum absolute atomic E-state index is 0.303. The van der Waals surface area contributed by atoms with E-state index in [0.29, 0.717) is 16.2 Å². The first-order chi connectivity index (χ1) is 10.5. The van der Waals surface area contributed by atoms with Gasteiger partial charge in [0.1, 0.15) is 6.04 Å². The van der Waals surface area contributed by atoms with Crippen molar-refractivity contribution in [2.75, 3.05) is 5.32 Å². The van der Waals surface area contributed by atoms with Crippen molar-refractivity contribution >= 4 is 33.5 Å². The molecular formula is C15H15N3O3S. The van der Waals surface area contributed by atoms with E-state index >= 15 is 0 Å². The fourth-order valence-corrected chi connectivity index (χ4v) is 3.02. The van der Waals surface area contributed by atoms with Gasteiger partial charge in [-0.25, -0.2) is 9.78 Å². The molecule has 7 heteroatoms. The molecular weight excluding hydrogens is 302 g/mol. The van der Waals surface area contributed by atoms with Crippen LogP contribution in [-0.2, 0) is 4.79 Å². The van der Waals surface area contributed by atoms with Crippen molar-refractivity contribution in [1.29, 1.82) is 0 Å². The first kappa shape index (κ1) is 14.5. The zero-order valence-corrected chi connectivity index (χ0v) is 13.2. The van der Waals surface area contributed by atoms with Crippen LogP contribution in [0, 0.1) is 13.8 Å². The third-order valence-electron chi connectivity index (χ3n) is 3.54. The maximum Gasteiger partial charge on any atom is 0.420 e. The van der Waals surface area contributed by atoms with Gasteiger partial charge >= 0.3 is 5.76 Å². The third-order valence-corrected chi connectivity index (χ3v) is 4.53. The van der Waals surface area contributed by atoms with Crippen LogP contribution in [0.4, 0.5) is 5.13 Å². The molecule has 3 rings (SSSR count). The summed E-state index contributed by atoms with van der Waals surface area (Å²) in [5.74, 6) is -0.849. The van der Waals surface area contributed by atoms with E-state index in [1.54, 1.807) is 31.2 Å². The summed E-state index contributed by atoms with van der Waals surface area (Å²) in [6.07, 6.45) is 0. The second-order valence-electron chi connectivity index (χ2n) is 5.03. The van der Waals surface area contributed by atoms with Gasteiger partial charge in [0.25, 0.3) is 0 Å². The molecule has 0 aliphatic carbocycles. The largest absolute Gasteiger partial charge is 0.420 e. The number of hydrogen-bond acceptors (Lipinski definition) is 5. The van der Waals surface area contributed by atoms with Crippen LogP contribution in [0.2, 0.25) is 0 Å². The molecule has 114 valence electrons. The Morgan fingerprint density at radius 3 is 2.77 bits per heavy atom. The lowest BCUT2D eigenvalue weighted by Crippen LogP contribution is -2.29. The number of rotatable bonds is 3. The van der Waals surface area contributed by atoms with Gasteiger partial charge < -0.3 is 9.73 Å². The van der Waals surface area contributed by atoms with E-state index in [2.05, 4.69) is 10.3 Å². The van der Waals surface area contributed by atoms with Crippen molar-refractivity contribution < 1.29 is 9.21 Å². The third kappa shape index (κ3) is 2.43. The van der Waals surface area contributed by atoms with Gasteiger partial charge in [0.2, 0.25) is 5.91 Å². The van der Waals surface area contributed by atoms with Crippen molar-refractivity contribution in [2.24, 2.45) is 0 Å². The van der Waals surface area contributed by atoms with Gasteiger partial charge in [0.05, 0.1) is 11.2 Å². The lowest BCUT2D eigenvalue weighted by atomic mass is 10.2. The highest BCUT2D eigenvalue weighted by Crippen LogP contribution is 2.23. The minimum Gasteiger partial charge on any atom is -0.408 e. The number of benzene rings is 1. The number of nitrogens with one attached hydrogen (secondary N) is 1. The maximum atomic E-state index is 12.4. The van der Waals surface area contributed by atoms with Crippen molar-refractivity contribution in [1.82, 2.24) is 9.55 Å². The molecule has 3 aromatic rings. The van der Waals surface area contributed by atoms with Crippen LogP contribution in [0.25, 0.3) is 11.1 Å². The molecule has 0 saturated carbocycles. The normalized spacial score (nSPS) is 12.5. The second-order valence-corrected chi connectivity index (χ2v) is 6.23. The number of amides is 1. The van der Waals surface area contributed by atoms with Crippen LogP contribution in [0.5, 0.6) is 0 Å². The molecule has 0 radical (unpaired) electrons. The Kier molecular flexibility index (Phi) is 3.58. The zero-order valence-electron chi connectivity index (χ0n) is 12.4. The Labute approximate surface area is 130 Å². The molecule has 0 aliphatic rings. The van der Waals surface area contributed by atoms with Gasteiger partial charge in [0.15, 0.2) is 10.7 Å². The van der Waals surface area contributed by atoms with E-state index in [1.807, 2.05) is 13.8 Å². The molecule has 0 bridgehead atoms. The average Bonchev–Trinajstić information content (AvgIpc) is 2.97. The molecule has 2 heterocycles. The Hall–Kier alpha value is -2.41. The molecule has 1 unspecified atom stereocenters. The molecule has 1 atom stereocenters. The van der Waals surface area contributed by atoms with Gasteiger partial charge in [-0.15, -0.1) is 11.3 Å². The Morgan fingerprint density at radius 1 is 1.36 bits per heavy atom. The molecule has 0 aliphatic heterocycles. The van der Waals surface area contributed by atoms with Crippen LogP contribution >= 0.6 is 11.3 Å². The number of para-hydroxylation sites is 2. The van der Waals surface area contributed by atoms with Crippen molar-refractivity contribution in [2.45, 2.75) is 26.8 Å². The predicted octanol–water partition coefficient (Wildman–Crippen LogP) is 2.87. The summed E-state index contributed by atoms with van der Waals surface area (Å²) in [6.45, 7) is 5.49. The number of nitrogens with zero attached hydrogens (tertiary/aromatic N) is 2. The first-order valence-electron chi connectivity index (χ1n) is 6.82. The fraction of sp³-hybridized carbons (Fsp3) is 0.267. The number of thiazole rings is 1. The van der Waals surface area contributed by atoms with Crippen molar-refractivity contribution in [3.05, 3.63) is 45.4 Å². The van der Waals surface area contributed by atoms with Gasteiger partial charge in [-0.05, 0) is 32.9 Å². The molecule has 6 nitrogen and oxygen atoms in total. The number of aryl methyl sites for hydroxylation is 2. The molecule has 1 aromatic carbocycles. The number of anilines is 1. The number of aromatic nitrogens is 2. The van der Waals surface area contributed by atoms with E-state index in [-0.39, 0.29) is 5.91 Å². The fourth-order valence-electron chi connectivity index (χ4n) is 2.20. The standard InChI is InChI=1S/C15H15N3O3S/c1-8-10(3)22-14(16-8)17-13(19)9(2)18-11-6-4-5-7-12(11)21-15(18)20/h4-7,9H,1-3H3,(H,16,17,19). The van der Waals surface area contributed by atoms with Crippen LogP contribution in [-0.4, -0.2) is 15.5 Å². The highest BCUT2D eigenvalue weighted by atomic mass is 32.1. The lowest BCUT2D eigenvalue weighted by Gasteiger charge is -2.11. The minimum atomic E-state index is -0.694. The summed E-state index contributed by atoms with van der Waals surface area (Å²) in [7, 11) is 0. The number of fused-ring (bicyclic) bond motifs is 1. The quantitative estimate of drug-likeness (QED) is 0.806. The topological polar surface area (TPSA) is 77.1 Å². The number of carbonyl (C=O) groups excluding carboxylic acids is 1. The molecule has 1 N–H and O–H groups in total. The summed E-state index contributed by atoms with van der Waals surface area (Å²) < 4.78 is 6.50. The smallest absolute Gasteiger partial charge is 0.408 e. The molecule has 0 fully saturated rings. The Bertz CT molecular complexity index is 887. The summed E-state index contributed by atoms with van der Waals surface area (Å²) in [6, 6.07) is 6.33. The summed E-state index contributed by atoms with van der Waals surface area (Å²) in [5.41, 5.74) is 1.95. The van der Waals surface area contributed by atoms with Crippen molar-refractivity contribution in [3.8, 4) is 0 Å². The highest BCUT2D eigenvalue weighted by molar-refractivity contribution is 7.15. The molecule has 0 saturated heterocycles. The molecule has 2 aromatic heterocycles. The van der Waals surface area contributed by atoms with E-state index < -0.39 is 11.8 Å². The number of carbonyl (C=O) groups is 1. The van der Waals surface area contributed by atoms with Gasteiger partial charge in [-0.1, -0.05) is 12.1 Å². The molecule has 0 spiro atoms. The number of oxazole rings is 1. The van der Waals surface area contributed by atoms with E-state index in [9.17, 15) is 9.59 Å². The summed E-state index contributed by atoms with van der Waals surface area (Å²) >= 11 is 1.41. The highest BCUT2D eigenvalue weighted by Gasteiger charge is 2.22. The average molecular weight is 317 g/mol. The first-order valence-corrected chi connectivity index (χ1v) is 7.64. The lowest BCUT2D eigenvalue weighted by molar-refractivity contribution is -0.118. The van der Waals surface area contributed by atoms with Gasteiger partial charge in [0, 0.05) is 4.88 Å².